The van der Waals surface area contributed by atoms with Crippen LogP contribution in [0, 0.1) is 5.92 Å². The third-order valence-corrected chi connectivity index (χ3v) is 3.63. The molecule has 104 valence electrons. The van der Waals surface area contributed by atoms with Crippen molar-refractivity contribution in [2.24, 2.45) is 11.7 Å². The number of nitrogens with two attached hydrogens (primary N) is 1. The summed E-state index contributed by atoms with van der Waals surface area (Å²) >= 11 is 0. The molecule has 2 nitrogen and oxygen atoms in total. The summed E-state index contributed by atoms with van der Waals surface area (Å²) in [5.74, 6) is 0.254. The minimum Gasteiger partial charge on any atom is -0.393 e. The molecule has 2 unspecified atom stereocenters. The van der Waals surface area contributed by atoms with Gasteiger partial charge < -0.3 is 10.8 Å². The van der Waals surface area contributed by atoms with Gasteiger partial charge in [0.25, 0.3) is 0 Å². The summed E-state index contributed by atoms with van der Waals surface area (Å²) in [4.78, 5) is 0. The molecule has 0 aliphatic heterocycles. The molecule has 0 aliphatic rings. The van der Waals surface area contributed by atoms with Gasteiger partial charge in [-0.3, -0.25) is 0 Å². The van der Waals surface area contributed by atoms with Crippen molar-refractivity contribution in [1.82, 2.24) is 0 Å². The highest BCUT2D eigenvalue weighted by molar-refractivity contribution is 4.64. The van der Waals surface area contributed by atoms with Crippen LogP contribution in [0.25, 0.3) is 0 Å². The molecule has 17 heavy (non-hydrogen) atoms. The van der Waals surface area contributed by atoms with E-state index in [1.807, 2.05) is 6.92 Å². The Morgan fingerprint density at radius 2 is 1.35 bits per heavy atom. The maximum Gasteiger partial charge on any atom is 0.0577 e. The molecule has 0 rings (SSSR count). The minimum atomic E-state index is -0.190. The fraction of sp³-hybridized carbons (Fsp3) is 1.00. The standard InChI is InChI=1S/C15H33NO/c1-3-4-5-6-7-8-9-10-11-12-15(17)14(2)13-16/h14-15,17H,3-13,16H2,1-2H3. The predicted molar refractivity (Wildman–Crippen MR) is 76.1 cm³/mol. The molecule has 0 aromatic heterocycles. The van der Waals surface area contributed by atoms with E-state index in [1.165, 1.54) is 51.4 Å². The Kier molecular flexibility index (Phi) is 12.3. The van der Waals surface area contributed by atoms with Crippen LogP contribution < -0.4 is 5.73 Å². The zero-order valence-corrected chi connectivity index (χ0v) is 12.0. The van der Waals surface area contributed by atoms with Crippen LogP contribution in [-0.2, 0) is 0 Å². The summed E-state index contributed by atoms with van der Waals surface area (Å²) in [6, 6.07) is 0. The summed E-state index contributed by atoms with van der Waals surface area (Å²) in [5.41, 5.74) is 5.52. The van der Waals surface area contributed by atoms with E-state index in [0.29, 0.717) is 6.54 Å². The van der Waals surface area contributed by atoms with Gasteiger partial charge in [-0.1, -0.05) is 71.6 Å². The van der Waals surface area contributed by atoms with Gasteiger partial charge in [0, 0.05) is 0 Å². The zero-order valence-electron chi connectivity index (χ0n) is 12.0. The maximum absolute atomic E-state index is 9.74. The lowest BCUT2D eigenvalue weighted by molar-refractivity contribution is 0.108. The average Bonchev–Trinajstić information content (AvgIpc) is 2.35. The molecular formula is C15H33NO. The number of rotatable bonds is 12. The van der Waals surface area contributed by atoms with Crippen LogP contribution in [0.5, 0.6) is 0 Å². The first-order chi connectivity index (χ1) is 8.22. The summed E-state index contributed by atoms with van der Waals surface area (Å²) in [6.45, 7) is 4.88. The van der Waals surface area contributed by atoms with Crippen molar-refractivity contribution in [1.29, 1.82) is 0 Å². The molecule has 3 N–H and O–H groups in total. The average molecular weight is 243 g/mol. The summed E-state index contributed by atoms with van der Waals surface area (Å²) in [7, 11) is 0. The van der Waals surface area contributed by atoms with Crippen LogP contribution in [-0.4, -0.2) is 17.8 Å². The smallest absolute Gasteiger partial charge is 0.0577 e. The third kappa shape index (κ3) is 10.8. The van der Waals surface area contributed by atoms with Gasteiger partial charge in [0.2, 0.25) is 0 Å². The molecular weight excluding hydrogens is 210 g/mol. The van der Waals surface area contributed by atoms with E-state index in [4.69, 9.17) is 5.73 Å². The van der Waals surface area contributed by atoms with Crippen molar-refractivity contribution in [2.45, 2.75) is 84.2 Å². The van der Waals surface area contributed by atoms with Crippen molar-refractivity contribution < 1.29 is 5.11 Å². The van der Waals surface area contributed by atoms with E-state index in [0.717, 1.165) is 12.8 Å². The van der Waals surface area contributed by atoms with Crippen molar-refractivity contribution >= 4 is 0 Å². The Labute approximate surface area is 108 Å². The zero-order chi connectivity index (χ0) is 12.9. The summed E-state index contributed by atoms with van der Waals surface area (Å²) < 4.78 is 0. The lowest BCUT2D eigenvalue weighted by atomic mass is 9.98. The normalized spacial score (nSPS) is 14.8. The van der Waals surface area contributed by atoms with E-state index < -0.39 is 0 Å². The van der Waals surface area contributed by atoms with Gasteiger partial charge in [0.15, 0.2) is 0 Å². The lowest BCUT2D eigenvalue weighted by Gasteiger charge is -2.16. The number of aliphatic hydroxyl groups excluding tert-OH is 1. The highest BCUT2D eigenvalue weighted by Gasteiger charge is 2.11. The minimum absolute atomic E-state index is 0.190. The molecule has 0 heterocycles. The van der Waals surface area contributed by atoms with Gasteiger partial charge in [-0.15, -0.1) is 0 Å². The van der Waals surface area contributed by atoms with Crippen LogP contribution in [0.2, 0.25) is 0 Å². The highest BCUT2D eigenvalue weighted by atomic mass is 16.3. The largest absolute Gasteiger partial charge is 0.393 e. The summed E-state index contributed by atoms with van der Waals surface area (Å²) in [6.07, 6.45) is 12.8. The molecule has 0 aliphatic carbocycles. The molecule has 2 atom stereocenters. The maximum atomic E-state index is 9.74. The van der Waals surface area contributed by atoms with Gasteiger partial charge in [-0.2, -0.15) is 0 Å². The highest BCUT2D eigenvalue weighted by Crippen LogP contribution is 2.13. The molecule has 0 saturated heterocycles. The van der Waals surface area contributed by atoms with Crippen LogP contribution in [0.3, 0.4) is 0 Å². The molecule has 0 aromatic rings. The van der Waals surface area contributed by atoms with Crippen LogP contribution >= 0.6 is 0 Å². The molecule has 0 amide bonds. The Bertz CT molecular complexity index is 150. The number of hydrogen-bond donors (Lipinski definition) is 2. The van der Waals surface area contributed by atoms with E-state index in [9.17, 15) is 5.11 Å². The Morgan fingerprint density at radius 3 is 1.82 bits per heavy atom. The first-order valence-corrected chi connectivity index (χ1v) is 7.60. The third-order valence-electron chi connectivity index (χ3n) is 3.63. The molecule has 0 bridgehead atoms. The number of aliphatic hydroxyl groups is 1. The molecule has 0 fully saturated rings. The molecule has 2 heteroatoms. The Hall–Kier alpha value is -0.0800. The van der Waals surface area contributed by atoms with Gasteiger partial charge in [0.1, 0.15) is 0 Å². The number of unbranched alkanes of at least 4 members (excludes halogenated alkanes) is 8. The van der Waals surface area contributed by atoms with E-state index >= 15 is 0 Å². The topological polar surface area (TPSA) is 46.2 Å². The van der Waals surface area contributed by atoms with E-state index in [-0.39, 0.29) is 12.0 Å². The van der Waals surface area contributed by atoms with Crippen molar-refractivity contribution in [3.05, 3.63) is 0 Å². The number of hydrogen-bond acceptors (Lipinski definition) is 2. The van der Waals surface area contributed by atoms with Crippen LogP contribution in [0.4, 0.5) is 0 Å². The van der Waals surface area contributed by atoms with Gasteiger partial charge in [-0.05, 0) is 18.9 Å². The second-order valence-electron chi connectivity index (χ2n) is 5.40. The van der Waals surface area contributed by atoms with Crippen molar-refractivity contribution in [3.63, 3.8) is 0 Å². The fourth-order valence-corrected chi connectivity index (χ4v) is 2.11. The van der Waals surface area contributed by atoms with E-state index in [2.05, 4.69) is 6.92 Å². The first-order valence-electron chi connectivity index (χ1n) is 7.60. The molecule has 0 spiro atoms. The Morgan fingerprint density at radius 1 is 0.882 bits per heavy atom. The van der Waals surface area contributed by atoms with Crippen molar-refractivity contribution in [3.8, 4) is 0 Å². The van der Waals surface area contributed by atoms with Crippen LogP contribution in [0.15, 0.2) is 0 Å². The lowest BCUT2D eigenvalue weighted by Crippen LogP contribution is -2.24. The SMILES string of the molecule is CCCCCCCCCCCC(O)C(C)CN. The summed E-state index contributed by atoms with van der Waals surface area (Å²) in [5, 5.41) is 9.74. The van der Waals surface area contributed by atoms with Crippen molar-refractivity contribution in [2.75, 3.05) is 6.54 Å². The first kappa shape index (κ1) is 16.9. The fourth-order valence-electron chi connectivity index (χ4n) is 2.11. The predicted octanol–water partition coefficient (Wildman–Crippen LogP) is 3.86. The second kappa shape index (κ2) is 12.4. The quantitative estimate of drug-likeness (QED) is 0.511. The van der Waals surface area contributed by atoms with Gasteiger partial charge in [-0.25, -0.2) is 0 Å². The molecule has 0 aromatic carbocycles. The van der Waals surface area contributed by atoms with Crippen LogP contribution in [0.1, 0.15) is 78.1 Å². The molecule has 0 saturated carbocycles. The van der Waals surface area contributed by atoms with Gasteiger partial charge >= 0.3 is 0 Å². The van der Waals surface area contributed by atoms with E-state index in [1.54, 1.807) is 0 Å². The van der Waals surface area contributed by atoms with Gasteiger partial charge in [0.05, 0.1) is 6.10 Å². The Balaban J connectivity index is 3.13. The monoisotopic (exact) mass is 243 g/mol. The second-order valence-corrected chi connectivity index (χ2v) is 5.40. The molecule has 0 radical (unpaired) electrons.